The standard InChI is InChI=1S/C8H8BrFO.C2H6/c1-5-6(4-11)2-7(9)3-8(5)10;1-2/h2-3,11H,4H2,1H3;1-2H3. The molecule has 1 aromatic carbocycles. The van der Waals surface area contributed by atoms with Gasteiger partial charge in [0.25, 0.3) is 0 Å². The molecule has 0 aliphatic rings. The molecule has 0 saturated carbocycles. The number of rotatable bonds is 1. The average Bonchev–Trinajstić information content (AvgIpc) is 2.14. The minimum atomic E-state index is -0.288. The molecule has 0 heterocycles. The first-order chi connectivity index (χ1) is 6.15. The zero-order valence-electron chi connectivity index (χ0n) is 8.06. The molecule has 0 saturated heterocycles. The van der Waals surface area contributed by atoms with Crippen LogP contribution in [0.25, 0.3) is 0 Å². The molecule has 0 spiro atoms. The normalized spacial score (nSPS) is 9.08. The van der Waals surface area contributed by atoms with Crippen LogP contribution >= 0.6 is 15.9 Å². The second-order valence-electron chi connectivity index (χ2n) is 2.33. The molecule has 0 bridgehead atoms. The summed E-state index contributed by atoms with van der Waals surface area (Å²) < 4.78 is 13.5. The Morgan fingerprint density at radius 2 is 1.92 bits per heavy atom. The number of hydrogen-bond donors (Lipinski definition) is 1. The topological polar surface area (TPSA) is 20.2 Å². The van der Waals surface area contributed by atoms with Gasteiger partial charge >= 0.3 is 0 Å². The summed E-state index contributed by atoms with van der Waals surface area (Å²) >= 11 is 3.14. The second-order valence-corrected chi connectivity index (χ2v) is 3.25. The van der Waals surface area contributed by atoms with E-state index in [0.29, 0.717) is 15.6 Å². The largest absolute Gasteiger partial charge is 0.392 e. The first kappa shape index (κ1) is 12.6. The van der Waals surface area contributed by atoms with Gasteiger partial charge in [0.1, 0.15) is 5.82 Å². The molecule has 1 N–H and O–H groups in total. The van der Waals surface area contributed by atoms with E-state index in [1.807, 2.05) is 13.8 Å². The Morgan fingerprint density at radius 1 is 1.38 bits per heavy atom. The van der Waals surface area contributed by atoms with Gasteiger partial charge in [-0.3, -0.25) is 0 Å². The summed E-state index contributed by atoms with van der Waals surface area (Å²) in [4.78, 5) is 0. The van der Waals surface area contributed by atoms with Gasteiger partial charge in [-0.25, -0.2) is 4.39 Å². The Morgan fingerprint density at radius 3 is 2.38 bits per heavy atom. The molecule has 0 fully saturated rings. The van der Waals surface area contributed by atoms with Crippen LogP contribution in [0.5, 0.6) is 0 Å². The Labute approximate surface area is 86.7 Å². The van der Waals surface area contributed by atoms with Crippen molar-refractivity contribution in [3.63, 3.8) is 0 Å². The van der Waals surface area contributed by atoms with Crippen molar-refractivity contribution < 1.29 is 9.50 Å². The first-order valence-electron chi connectivity index (χ1n) is 4.20. The first-order valence-corrected chi connectivity index (χ1v) is 5.00. The van der Waals surface area contributed by atoms with Crippen LogP contribution in [0.3, 0.4) is 0 Å². The Kier molecular flexibility index (Phi) is 5.91. The lowest BCUT2D eigenvalue weighted by Gasteiger charge is -2.03. The number of halogens is 2. The van der Waals surface area contributed by atoms with Gasteiger partial charge in [0.2, 0.25) is 0 Å². The molecule has 13 heavy (non-hydrogen) atoms. The number of aliphatic hydroxyl groups is 1. The van der Waals surface area contributed by atoms with Crippen LogP contribution in [-0.2, 0) is 6.61 Å². The lowest BCUT2D eigenvalue weighted by atomic mass is 10.1. The minimum Gasteiger partial charge on any atom is -0.392 e. The van der Waals surface area contributed by atoms with Crippen LogP contribution in [0.2, 0.25) is 0 Å². The predicted octanol–water partition coefficient (Wildman–Crippen LogP) is 3.42. The lowest BCUT2D eigenvalue weighted by Crippen LogP contribution is -1.92. The fourth-order valence-electron chi connectivity index (χ4n) is 0.863. The molecule has 0 aromatic heterocycles. The van der Waals surface area contributed by atoms with E-state index in [0.717, 1.165) is 0 Å². The molecule has 0 amide bonds. The van der Waals surface area contributed by atoms with Crippen LogP contribution in [0, 0.1) is 12.7 Å². The summed E-state index contributed by atoms with van der Waals surface area (Å²) in [6.07, 6.45) is 0. The van der Waals surface area contributed by atoms with Gasteiger partial charge in [-0.1, -0.05) is 29.8 Å². The van der Waals surface area contributed by atoms with Gasteiger partial charge in [-0.15, -0.1) is 0 Å². The lowest BCUT2D eigenvalue weighted by molar-refractivity contribution is 0.280. The fraction of sp³-hybridized carbons (Fsp3) is 0.400. The van der Waals surface area contributed by atoms with Crippen LogP contribution in [0.15, 0.2) is 16.6 Å². The van der Waals surface area contributed by atoms with Crippen LogP contribution in [-0.4, -0.2) is 5.11 Å². The van der Waals surface area contributed by atoms with Gasteiger partial charge in [-0.05, 0) is 30.2 Å². The zero-order valence-corrected chi connectivity index (χ0v) is 9.65. The van der Waals surface area contributed by atoms with E-state index in [1.165, 1.54) is 6.07 Å². The molecule has 0 unspecified atom stereocenters. The van der Waals surface area contributed by atoms with Crippen molar-refractivity contribution >= 4 is 15.9 Å². The minimum absolute atomic E-state index is 0.123. The third kappa shape index (κ3) is 3.44. The van der Waals surface area contributed by atoms with Crippen LogP contribution in [0.4, 0.5) is 4.39 Å². The van der Waals surface area contributed by atoms with Crippen molar-refractivity contribution in [2.75, 3.05) is 0 Å². The van der Waals surface area contributed by atoms with Gasteiger partial charge in [0.05, 0.1) is 6.61 Å². The Hall–Kier alpha value is -0.410. The summed E-state index contributed by atoms with van der Waals surface area (Å²) in [5.41, 5.74) is 1.13. The molecule has 1 aromatic rings. The number of hydrogen-bond acceptors (Lipinski definition) is 1. The van der Waals surface area contributed by atoms with Gasteiger partial charge in [-0.2, -0.15) is 0 Å². The monoisotopic (exact) mass is 248 g/mol. The molecular formula is C10H14BrFO. The summed E-state index contributed by atoms with van der Waals surface area (Å²) in [5.74, 6) is -0.288. The van der Waals surface area contributed by atoms with E-state index in [1.54, 1.807) is 13.0 Å². The highest BCUT2D eigenvalue weighted by Gasteiger charge is 2.03. The van der Waals surface area contributed by atoms with Crippen molar-refractivity contribution in [1.82, 2.24) is 0 Å². The third-order valence-electron chi connectivity index (χ3n) is 1.59. The fourth-order valence-corrected chi connectivity index (χ4v) is 1.34. The Bertz CT molecular complexity index is 274. The molecule has 0 aliphatic heterocycles. The van der Waals surface area contributed by atoms with Crippen LogP contribution < -0.4 is 0 Å². The SMILES string of the molecule is CC.Cc1c(F)cc(Br)cc1CO. The highest BCUT2D eigenvalue weighted by atomic mass is 79.9. The maximum atomic E-state index is 12.9. The summed E-state index contributed by atoms with van der Waals surface area (Å²) in [6.45, 7) is 5.52. The average molecular weight is 249 g/mol. The van der Waals surface area contributed by atoms with E-state index in [2.05, 4.69) is 15.9 Å². The summed E-state index contributed by atoms with van der Waals surface area (Å²) in [5, 5.41) is 8.78. The van der Waals surface area contributed by atoms with E-state index in [-0.39, 0.29) is 12.4 Å². The molecule has 3 heteroatoms. The predicted molar refractivity (Wildman–Crippen MR) is 56.1 cm³/mol. The molecule has 0 radical (unpaired) electrons. The molecular weight excluding hydrogens is 235 g/mol. The van der Waals surface area contributed by atoms with E-state index < -0.39 is 0 Å². The maximum absolute atomic E-state index is 12.9. The molecule has 1 rings (SSSR count). The van der Waals surface area contributed by atoms with Crippen molar-refractivity contribution in [3.05, 3.63) is 33.5 Å². The molecule has 0 aliphatic carbocycles. The van der Waals surface area contributed by atoms with Crippen molar-refractivity contribution in [3.8, 4) is 0 Å². The van der Waals surface area contributed by atoms with E-state index in [9.17, 15) is 4.39 Å². The van der Waals surface area contributed by atoms with Crippen molar-refractivity contribution in [2.45, 2.75) is 27.4 Å². The Balaban J connectivity index is 0.000000671. The number of aliphatic hydroxyl groups excluding tert-OH is 1. The third-order valence-corrected chi connectivity index (χ3v) is 2.04. The summed E-state index contributed by atoms with van der Waals surface area (Å²) in [6, 6.07) is 3.09. The molecule has 0 atom stereocenters. The van der Waals surface area contributed by atoms with Crippen molar-refractivity contribution in [1.29, 1.82) is 0 Å². The zero-order chi connectivity index (χ0) is 10.4. The smallest absolute Gasteiger partial charge is 0.127 e. The van der Waals surface area contributed by atoms with E-state index in [4.69, 9.17) is 5.11 Å². The van der Waals surface area contributed by atoms with Crippen molar-refractivity contribution in [2.24, 2.45) is 0 Å². The van der Waals surface area contributed by atoms with Crippen LogP contribution in [0.1, 0.15) is 25.0 Å². The highest BCUT2D eigenvalue weighted by Crippen LogP contribution is 2.19. The summed E-state index contributed by atoms with van der Waals surface area (Å²) in [7, 11) is 0. The quantitative estimate of drug-likeness (QED) is 0.808. The molecule has 1 nitrogen and oxygen atoms in total. The molecule has 74 valence electrons. The van der Waals surface area contributed by atoms with E-state index >= 15 is 0 Å². The van der Waals surface area contributed by atoms with Gasteiger partial charge in [0.15, 0.2) is 0 Å². The number of benzene rings is 1. The second kappa shape index (κ2) is 6.11. The highest BCUT2D eigenvalue weighted by molar-refractivity contribution is 9.10. The van der Waals surface area contributed by atoms with Gasteiger partial charge in [0, 0.05) is 4.47 Å². The maximum Gasteiger partial charge on any atom is 0.127 e. The van der Waals surface area contributed by atoms with Gasteiger partial charge < -0.3 is 5.11 Å².